The summed E-state index contributed by atoms with van der Waals surface area (Å²) in [5.74, 6) is -0.161. The number of halogens is 1. The molecule has 0 fully saturated rings. The van der Waals surface area contributed by atoms with Crippen LogP contribution in [0.1, 0.15) is 37.9 Å². The predicted molar refractivity (Wildman–Crippen MR) is 84.9 cm³/mol. The van der Waals surface area contributed by atoms with E-state index in [4.69, 9.17) is 0 Å². The highest BCUT2D eigenvalue weighted by Crippen LogP contribution is 2.24. The number of aromatic nitrogens is 2. The van der Waals surface area contributed by atoms with Crippen molar-refractivity contribution in [2.45, 2.75) is 32.4 Å². The molecule has 0 aliphatic heterocycles. The number of nitrogens with zero attached hydrogens (tertiary/aromatic N) is 2. The molecule has 0 aliphatic carbocycles. The fourth-order valence-corrected chi connectivity index (χ4v) is 2.22. The first kappa shape index (κ1) is 16.6. The van der Waals surface area contributed by atoms with E-state index in [0.29, 0.717) is 6.54 Å². The molecule has 0 saturated carbocycles. The summed E-state index contributed by atoms with van der Waals surface area (Å²) in [6.07, 6.45) is 3.65. The molecule has 5 heteroatoms. The first-order valence-corrected chi connectivity index (χ1v) is 7.49. The van der Waals surface area contributed by atoms with Gasteiger partial charge < -0.3 is 10.4 Å². The van der Waals surface area contributed by atoms with E-state index in [9.17, 15) is 9.50 Å². The van der Waals surface area contributed by atoms with Crippen molar-refractivity contribution >= 4 is 0 Å². The Bertz CT molecular complexity index is 622. The van der Waals surface area contributed by atoms with Gasteiger partial charge >= 0.3 is 0 Å². The van der Waals surface area contributed by atoms with E-state index in [-0.39, 0.29) is 17.8 Å². The fourth-order valence-electron chi connectivity index (χ4n) is 2.22. The molecule has 120 valence electrons. The summed E-state index contributed by atoms with van der Waals surface area (Å²) < 4.78 is 15.3. The van der Waals surface area contributed by atoms with Crippen LogP contribution in [0.4, 0.5) is 4.39 Å². The summed E-state index contributed by atoms with van der Waals surface area (Å²) in [6, 6.07) is 6.28. The molecule has 0 aliphatic rings. The molecule has 0 amide bonds. The molecule has 2 unspecified atom stereocenters. The van der Waals surface area contributed by atoms with Gasteiger partial charge in [0.2, 0.25) is 0 Å². The summed E-state index contributed by atoms with van der Waals surface area (Å²) in [6.45, 7) is 6.16. The molecule has 1 aromatic carbocycles. The number of rotatable bonds is 6. The predicted octanol–water partition coefficient (Wildman–Crippen LogP) is 2.65. The van der Waals surface area contributed by atoms with E-state index in [0.717, 1.165) is 11.1 Å². The largest absolute Gasteiger partial charge is 0.389 e. The third-order valence-corrected chi connectivity index (χ3v) is 4.15. The molecule has 2 atom stereocenters. The van der Waals surface area contributed by atoms with Gasteiger partial charge in [0.15, 0.2) is 0 Å². The van der Waals surface area contributed by atoms with Gasteiger partial charge in [-0.1, -0.05) is 26.0 Å². The van der Waals surface area contributed by atoms with Gasteiger partial charge in [-0.15, -0.1) is 0 Å². The SMILES string of the molecule is CC(C)C(C)(O)CNC(c1cccc(F)c1)c1cnn(C)c1. The van der Waals surface area contributed by atoms with E-state index in [1.54, 1.807) is 23.9 Å². The summed E-state index contributed by atoms with van der Waals surface area (Å²) in [7, 11) is 1.84. The normalized spacial score (nSPS) is 15.8. The molecule has 0 bridgehead atoms. The van der Waals surface area contributed by atoms with Gasteiger partial charge in [-0.2, -0.15) is 5.10 Å². The fraction of sp³-hybridized carbons (Fsp3) is 0.471. The smallest absolute Gasteiger partial charge is 0.123 e. The van der Waals surface area contributed by atoms with Crippen LogP contribution < -0.4 is 5.32 Å². The lowest BCUT2D eigenvalue weighted by Gasteiger charge is -2.30. The third kappa shape index (κ3) is 3.93. The molecule has 0 radical (unpaired) electrons. The van der Waals surface area contributed by atoms with Crippen molar-refractivity contribution in [3.63, 3.8) is 0 Å². The zero-order chi connectivity index (χ0) is 16.3. The molecule has 2 rings (SSSR count). The van der Waals surface area contributed by atoms with Gasteiger partial charge in [-0.05, 0) is 30.5 Å². The van der Waals surface area contributed by atoms with Crippen molar-refractivity contribution in [3.05, 3.63) is 53.6 Å². The van der Waals surface area contributed by atoms with Gasteiger partial charge in [0.1, 0.15) is 5.82 Å². The number of hydrogen-bond donors (Lipinski definition) is 2. The number of benzene rings is 1. The molecule has 4 nitrogen and oxygen atoms in total. The number of hydrogen-bond acceptors (Lipinski definition) is 3. The third-order valence-electron chi connectivity index (χ3n) is 4.15. The van der Waals surface area contributed by atoms with E-state index >= 15 is 0 Å². The Morgan fingerprint density at radius 2 is 2.09 bits per heavy atom. The molecule has 1 aromatic heterocycles. The van der Waals surface area contributed by atoms with Crippen LogP contribution in [0, 0.1) is 11.7 Å². The lowest BCUT2D eigenvalue weighted by atomic mass is 9.91. The molecular formula is C17H24FN3O. The van der Waals surface area contributed by atoms with Crippen molar-refractivity contribution in [2.24, 2.45) is 13.0 Å². The van der Waals surface area contributed by atoms with Gasteiger partial charge in [0.25, 0.3) is 0 Å². The molecule has 2 aromatic rings. The lowest BCUT2D eigenvalue weighted by Crippen LogP contribution is -2.43. The average Bonchev–Trinajstić information content (AvgIpc) is 2.85. The summed E-state index contributed by atoms with van der Waals surface area (Å²) in [5.41, 5.74) is 0.911. The second kappa shape index (κ2) is 6.58. The lowest BCUT2D eigenvalue weighted by molar-refractivity contribution is 0.0127. The quantitative estimate of drug-likeness (QED) is 0.862. The zero-order valence-corrected chi connectivity index (χ0v) is 13.5. The molecule has 1 heterocycles. The second-order valence-electron chi connectivity index (χ2n) is 6.33. The minimum atomic E-state index is -0.840. The average molecular weight is 305 g/mol. The molecule has 2 N–H and O–H groups in total. The number of aryl methyl sites for hydroxylation is 1. The van der Waals surface area contributed by atoms with E-state index in [1.807, 2.05) is 33.2 Å². The number of nitrogens with one attached hydrogen (secondary N) is 1. The molecule has 22 heavy (non-hydrogen) atoms. The van der Waals surface area contributed by atoms with Gasteiger partial charge in [-0.25, -0.2) is 4.39 Å². The Morgan fingerprint density at radius 3 is 2.64 bits per heavy atom. The maximum Gasteiger partial charge on any atom is 0.123 e. The Balaban J connectivity index is 2.27. The van der Waals surface area contributed by atoms with E-state index in [2.05, 4.69) is 10.4 Å². The zero-order valence-electron chi connectivity index (χ0n) is 13.5. The minimum Gasteiger partial charge on any atom is -0.389 e. The highest BCUT2D eigenvalue weighted by Gasteiger charge is 2.27. The molecular weight excluding hydrogens is 281 g/mol. The van der Waals surface area contributed by atoms with Crippen LogP contribution >= 0.6 is 0 Å². The van der Waals surface area contributed by atoms with Crippen LogP contribution in [0.2, 0.25) is 0 Å². The van der Waals surface area contributed by atoms with Crippen LogP contribution in [0.3, 0.4) is 0 Å². The highest BCUT2D eigenvalue weighted by atomic mass is 19.1. The maximum absolute atomic E-state index is 13.6. The highest BCUT2D eigenvalue weighted by molar-refractivity contribution is 5.29. The summed E-state index contributed by atoms with van der Waals surface area (Å²) >= 11 is 0. The van der Waals surface area contributed by atoms with E-state index in [1.165, 1.54) is 12.1 Å². The van der Waals surface area contributed by atoms with Gasteiger partial charge in [0, 0.05) is 25.4 Å². The van der Waals surface area contributed by atoms with Crippen LogP contribution in [-0.4, -0.2) is 27.0 Å². The van der Waals surface area contributed by atoms with Crippen LogP contribution in [-0.2, 0) is 7.05 Å². The first-order valence-electron chi connectivity index (χ1n) is 7.49. The maximum atomic E-state index is 13.6. The van der Waals surface area contributed by atoms with Crippen molar-refractivity contribution in [1.82, 2.24) is 15.1 Å². The van der Waals surface area contributed by atoms with Gasteiger partial charge in [-0.3, -0.25) is 4.68 Å². The Labute approximate surface area is 131 Å². The Kier molecular flexibility index (Phi) is 4.98. The second-order valence-corrected chi connectivity index (χ2v) is 6.33. The van der Waals surface area contributed by atoms with Crippen molar-refractivity contribution in [2.75, 3.05) is 6.54 Å². The van der Waals surface area contributed by atoms with Crippen molar-refractivity contribution in [3.8, 4) is 0 Å². The van der Waals surface area contributed by atoms with Crippen LogP contribution in [0.25, 0.3) is 0 Å². The van der Waals surface area contributed by atoms with Crippen molar-refractivity contribution in [1.29, 1.82) is 0 Å². The summed E-state index contributed by atoms with van der Waals surface area (Å²) in [5, 5.41) is 18.0. The van der Waals surface area contributed by atoms with Crippen LogP contribution in [0.5, 0.6) is 0 Å². The van der Waals surface area contributed by atoms with Crippen LogP contribution in [0.15, 0.2) is 36.7 Å². The Hall–Kier alpha value is -1.72. The Morgan fingerprint density at radius 1 is 1.36 bits per heavy atom. The summed E-state index contributed by atoms with van der Waals surface area (Å²) in [4.78, 5) is 0. The van der Waals surface area contributed by atoms with Crippen molar-refractivity contribution < 1.29 is 9.50 Å². The molecule has 0 spiro atoms. The minimum absolute atomic E-state index is 0.113. The number of aliphatic hydroxyl groups is 1. The van der Waals surface area contributed by atoms with Gasteiger partial charge in [0.05, 0.1) is 17.8 Å². The topological polar surface area (TPSA) is 50.1 Å². The standard InChI is InChI=1S/C17H24FN3O/c1-12(2)17(3,22)11-19-16(14-9-20-21(4)10-14)13-6-5-7-15(18)8-13/h5-10,12,16,19,22H,11H2,1-4H3. The first-order chi connectivity index (χ1) is 10.3. The molecule has 0 saturated heterocycles. The monoisotopic (exact) mass is 305 g/mol. The van der Waals surface area contributed by atoms with E-state index < -0.39 is 5.60 Å².